The number of rotatable bonds is 11. The number of carbonyl (C=O) groups is 8. The number of thiophene rings is 2. The van der Waals surface area contributed by atoms with Crippen LogP contribution >= 0.6 is 22.7 Å². The molecule has 18 nitrogen and oxygen atoms in total. The quantitative estimate of drug-likeness (QED) is 0.101. The minimum Gasteiger partial charge on any atom is -0.508 e. The molecule has 2 fully saturated rings. The zero-order valence-electron chi connectivity index (χ0n) is 35.7. The molecule has 64 heavy (non-hydrogen) atoms. The first-order chi connectivity index (χ1) is 30.6. The molecule has 2 atom stereocenters. The van der Waals surface area contributed by atoms with E-state index in [9.17, 15) is 43.5 Å². The van der Waals surface area contributed by atoms with Gasteiger partial charge in [-0.1, -0.05) is 12.1 Å². The lowest BCUT2D eigenvalue weighted by atomic mass is 10.0. The van der Waals surface area contributed by atoms with Gasteiger partial charge in [0.2, 0.25) is 23.6 Å². The topological polar surface area (TPSA) is 239 Å². The molecule has 0 spiro atoms. The number of nitrogens with zero attached hydrogens (tertiary/aromatic N) is 3. The number of anilines is 3. The number of benzene rings is 2. The lowest BCUT2D eigenvalue weighted by Crippen LogP contribution is -2.52. The Hall–Kier alpha value is -6.80. The molecular weight excluding hydrogens is 863 g/mol. The molecule has 6 heterocycles. The van der Waals surface area contributed by atoms with Gasteiger partial charge in [-0.3, -0.25) is 39.4 Å². The largest absolute Gasteiger partial charge is 0.508 e. The van der Waals surface area contributed by atoms with Crippen LogP contribution in [0.4, 0.5) is 26.7 Å². The number of aryl methyl sites for hydroxylation is 2. The van der Waals surface area contributed by atoms with E-state index in [1.165, 1.54) is 38.5 Å². The van der Waals surface area contributed by atoms with Gasteiger partial charge in [0.25, 0.3) is 11.8 Å². The van der Waals surface area contributed by atoms with E-state index in [-0.39, 0.29) is 54.8 Å². The Labute approximate surface area is 376 Å². The van der Waals surface area contributed by atoms with E-state index in [1.807, 2.05) is 30.3 Å². The van der Waals surface area contributed by atoms with Gasteiger partial charge in [0.05, 0.1) is 22.8 Å². The summed E-state index contributed by atoms with van der Waals surface area (Å²) in [5.41, 5.74) is 5.81. The number of imide groups is 2. The maximum absolute atomic E-state index is 12.8. The fourth-order valence-corrected chi connectivity index (χ4v) is 10.1. The summed E-state index contributed by atoms with van der Waals surface area (Å²) < 4.78 is 0. The third-order valence-electron chi connectivity index (χ3n) is 11.4. The Morgan fingerprint density at radius 2 is 1.14 bits per heavy atom. The summed E-state index contributed by atoms with van der Waals surface area (Å²) in [6.45, 7) is 11.0. The number of carbonyl (C=O) groups excluding carboxylic acids is 8. The molecule has 0 aliphatic carbocycles. The molecule has 0 saturated carbocycles. The van der Waals surface area contributed by atoms with Gasteiger partial charge >= 0.3 is 12.1 Å². The summed E-state index contributed by atoms with van der Waals surface area (Å²) in [7, 11) is 0. The molecule has 4 aromatic rings. The molecule has 2 aromatic heterocycles. The van der Waals surface area contributed by atoms with Gasteiger partial charge in [-0.2, -0.15) is 0 Å². The van der Waals surface area contributed by atoms with Crippen molar-refractivity contribution in [3.63, 3.8) is 0 Å². The zero-order valence-corrected chi connectivity index (χ0v) is 37.3. The van der Waals surface area contributed by atoms with E-state index in [0.717, 1.165) is 45.2 Å². The molecule has 336 valence electrons. The van der Waals surface area contributed by atoms with Crippen LogP contribution in [-0.4, -0.2) is 87.6 Å². The number of piperidine rings is 2. The highest BCUT2D eigenvalue weighted by atomic mass is 32.1. The smallest absolute Gasteiger partial charge is 0.319 e. The summed E-state index contributed by atoms with van der Waals surface area (Å²) >= 11 is 2.60. The van der Waals surface area contributed by atoms with Gasteiger partial charge < -0.3 is 41.1 Å². The van der Waals surface area contributed by atoms with Crippen molar-refractivity contribution in [3.05, 3.63) is 90.3 Å². The van der Waals surface area contributed by atoms with E-state index in [0.29, 0.717) is 59.2 Å². The van der Waals surface area contributed by atoms with Crippen LogP contribution in [0.1, 0.15) is 90.9 Å². The molecule has 4 aliphatic rings. The van der Waals surface area contributed by atoms with Crippen LogP contribution < -0.4 is 36.8 Å². The number of hydrogen-bond acceptors (Lipinski definition) is 12. The maximum atomic E-state index is 12.8. The second-order valence-electron chi connectivity index (χ2n) is 15.7. The third-order valence-corrected chi connectivity index (χ3v) is 13.7. The Balaban J connectivity index is 0.000000193. The summed E-state index contributed by atoms with van der Waals surface area (Å²) in [5, 5.41) is 25.4. The van der Waals surface area contributed by atoms with Crippen LogP contribution in [0.5, 0.6) is 5.75 Å². The summed E-state index contributed by atoms with van der Waals surface area (Å²) in [6.07, 6.45) is 1.12. The molecule has 2 aromatic carbocycles. The van der Waals surface area contributed by atoms with Crippen molar-refractivity contribution in [1.29, 1.82) is 0 Å². The fourth-order valence-electron chi connectivity index (χ4n) is 7.94. The van der Waals surface area contributed by atoms with E-state index in [4.69, 9.17) is 0 Å². The molecular formula is C44H49N9O9S2. The number of urea groups is 2. The average molecular weight is 912 g/mol. The average Bonchev–Trinajstić information content (AvgIpc) is 4.01. The van der Waals surface area contributed by atoms with Gasteiger partial charge in [-0.05, 0) is 93.1 Å². The second-order valence-corrected chi connectivity index (χ2v) is 18.0. The number of amides is 10. The van der Waals surface area contributed by atoms with E-state index >= 15 is 0 Å². The van der Waals surface area contributed by atoms with Crippen LogP contribution in [0.2, 0.25) is 0 Å². The SMILES string of the molecule is CCN(CC)c1cc(NC(=O)NCc2cc3c(s2)C(=O)N(C2CCC(=O)NC2=O)C3)ccc1C.Cc1ccc(NC(=O)NCc2cc3c(s2)C(=O)N(C2CCC(=O)NC2=O)C3)cc1O. The van der Waals surface area contributed by atoms with Crippen LogP contribution in [-0.2, 0) is 45.4 Å². The van der Waals surface area contributed by atoms with Gasteiger partial charge in [0.15, 0.2) is 0 Å². The molecule has 10 amide bonds. The highest BCUT2D eigenvalue weighted by Gasteiger charge is 2.41. The van der Waals surface area contributed by atoms with Crippen LogP contribution in [0.15, 0.2) is 48.5 Å². The number of aromatic hydroxyl groups is 1. The lowest BCUT2D eigenvalue weighted by Gasteiger charge is -2.29. The minimum absolute atomic E-state index is 0.0987. The highest BCUT2D eigenvalue weighted by molar-refractivity contribution is 7.14. The first kappa shape index (κ1) is 45.2. The van der Waals surface area contributed by atoms with Gasteiger partial charge in [-0.15, -0.1) is 22.7 Å². The minimum atomic E-state index is -0.631. The van der Waals surface area contributed by atoms with Gasteiger partial charge in [0, 0.05) is 71.9 Å². The van der Waals surface area contributed by atoms with Crippen molar-refractivity contribution in [2.45, 2.75) is 91.6 Å². The number of phenols is 1. The monoisotopic (exact) mass is 911 g/mol. The summed E-state index contributed by atoms with van der Waals surface area (Å²) in [5.74, 6) is -1.80. The van der Waals surface area contributed by atoms with Crippen LogP contribution in [0.3, 0.4) is 0 Å². The van der Waals surface area contributed by atoms with Crippen molar-refractivity contribution in [3.8, 4) is 5.75 Å². The Kier molecular flexibility index (Phi) is 13.6. The molecule has 0 bridgehead atoms. The Morgan fingerprint density at radius 3 is 1.56 bits per heavy atom. The summed E-state index contributed by atoms with van der Waals surface area (Å²) in [4.78, 5) is 105. The van der Waals surface area contributed by atoms with Crippen LogP contribution in [0.25, 0.3) is 0 Å². The number of fused-ring (bicyclic) bond motifs is 2. The van der Waals surface area contributed by atoms with Crippen molar-refractivity contribution in [2.75, 3.05) is 28.6 Å². The van der Waals surface area contributed by atoms with Crippen molar-refractivity contribution in [2.24, 2.45) is 0 Å². The molecule has 4 aliphatic heterocycles. The number of nitrogens with one attached hydrogen (secondary N) is 6. The molecule has 0 radical (unpaired) electrons. The molecule has 8 rings (SSSR count). The lowest BCUT2D eigenvalue weighted by molar-refractivity contribution is -0.138. The standard InChI is InChI=1S/C24H29N5O4S.C20H20N4O5S/c1-4-28(5-2)19-11-16(7-6-14(19)3)26-24(33)25-12-17-10-15-13-29(23(32)21(15)34-17)18-8-9-20(30)27-22(18)31;1-10-2-3-12(7-15(10)25)22-20(29)21-8-13-6-11-9-24(19(28)17(11)30-13)14-4-5-16(26)23-18(14)27/h6-7,10-11,18H,4-5,8-9,12-13H2,1-3H3,(H2,25,26,33)(H,27,30,31);2-3,6-7,14,25H,4-5,8-9H2,1H3,(H2,21,22,29)(H,23,26,27). The summed E-state index contributed by atoms with van der Waals surface area (Å²) in [6, 6.07) is 12.5. The van der Waals surface area contributed by atoms with Crippen LogP contribution in [0, 0.1) is 13.8 Å². The van der Waals surface area contributed by atoms with E-state index in [2.05, 4.69) is 57.6 Å². The van der Waals surface area contributed by atoms with Crippen molar-refractivity contribution >= 4 is 87.2 Å². The Morgan fingerprint density at radius 1 is 0.688 bits per heavy atom. The predicted molar refractivity (Wildman–Crippen MR) is 240 cm³/mol. The molecule has 20 heteroatoms. The van der Waals surface area contributed by atoms with Crippen molar-refractivity contribution < 1.29 is 43.5 Å². The molecule has 7 N–H and O–H groups in total. The second kappa shape index (κ2) is 19.3. The van der Waals surface area contributed by atoms with Crippen molar-refractivity contribution in [1.82, 2.24) is 31.1 Å². The van der Waals surface area contributed by atoms with E-state index < -0.39 is 29.9 Å². The molecule has 2 unspecified atom stereocenters. The first-order valence-corrected chi connectivity index (χ1v) is 22.5. The Bertz CT molecular complexity index is 2550. The molecule has 2 saturated heterocycles. The normalized spacial score (nSPS) is 17.8. The zero-order chi connectivity index (χ0) is 45.8. The predicted octanol–water partition coefficient (Wildman–Crippen LogP) is 4.83. The third kappa shape index (κ3) is 10.0. The fraction of sp³-hybridized carbons (Fsp3) is 0.364. The van der Waals surface area contributed by atoms with E-state index in [1.54, 1.807) is 19.1 Å². The van der Waals surface area contributed by atoms with Gasteiger partial charge in [0.1, 0.15) is 17.8 Å². The van der Waals surface area contributed by atoms with Gasteiger partial charge in [-0.25, -0.2) is 9.59 Å². The number of phenolic OH excluding ortho intramolecular Hbond substituents is 1. The highest BCUT2D eigenvalue weighted by Crippen LogP contribution is 2.35. The first-order valence-electron chi connectivity index (χ1n) is 20.9. The number of hydrogen-bond donors (Lipinski definition) is 7. The maximum Gasteiger partial charge on any atom is 0.319 e.